The van der Waals surface area contributed by atoms with Gasteiger partial charge in [0.25, 0.3) is 5.91 Å². The molecule has 1 heterocycles. The standard InChI is InChI=1S/C21H24N2O3S/c1-3-11-25-17-10-9-15(13-18(17)26-12-4-2)21(24)22-14-20-23-16-7-5-6-8-19(16)27-20/h5-10,13H,3-4,11-12,14H2,1-2H3,(H,22,24). The zero-order valence-electron chi connectivity index (χ0n) is 15.7. The summed E-state index contributed by atoms with van der Waals surface area (Å²) >= 11 is 1.59. The third kappa shape index (κ3) is 4.98. The van der Waals surface area contributed by atoms with Gasteiger partial charge in [-0.3, -0.25) is 4.79 Å². The van der Waals surface area contributed by atoms with Crippen molar-refractivity contribution < 1.29 is 14.3 Å². The molecule has 1 amide bonds. The van der Waals surface area contributed by atoms with Gasteiger partial charge in [0.1, 0.15) is 5.01 Å². The van der Waals surface area contributed by atoms with Gasteiger partial charge in [0.05, 0.1) is 30.0 Å². The lowest BCUT2D eigenvalue weighted by atomic mass is 10.2. The fourth-order valence-corrected chi connectivity index (χ4v) is 3.47. The number of benzene rings is 2. The van der Waals surface area contributed by atoms with Crippen LogP contribution >= 0.6 is 11.3 Å². The SMILES string of the molecule is CCCOc1ccc(C(=O)NCc2nc3ccccc3s2)cc1OCCC. The summed E-state index contributed by atoms with van der Waals surface area (Å²) in [6.07, 6.45) is 1.80. The van der Waals surface area contributed by atoms with Crippen LogP contribution in [0, 0.1) is 0 Å². The molecule has 0 saturated carbocycles. The maximum absolute atomic E-state index is 12.6. The van der Waals surface area contributed by atoms with Crippen LogP contribution < -0.4 is 14.8 Å². The van der Waals surface area contributed by atoms with Crippen molar-refractivity contribution in [3.63, 3.8) is 0 Å². The normalized spacial score (nSPS) is 10.7. The Hall–Kier alpha value is -2.60. The van der Waals surface area contributed by atoms with Gasteiger partial charge in [-0.2, -0.15) is 0 Å². The number of fused-ring (bicyclic) bond motifs is 1. The first kappa shape index (κ1) is 19.2. The number of carbonyl (C=O) groups excluding carboxylic acids is 1. The Labute approximate surface area is 163 Å². The molecule has 0 atom stereocenters. The lowest BCUT2D eigenvalue weighted by Gasteiger charge is -2.13. The summed E-state index contributed by atoms with van der Waals surface area (Å²) in [5, 5.41) is 3.82. The van der Waals surface area contributed by atoms with Crippen LogP contribution in [-0.2, 0) is 6.54 Å². The summed E-state index contributed by atoms with van der Waals surface area (Å²) in [5.74, 6) is 1.13. The summed E-state index contributed by atoms with van der Waals surface area (Å²) in [4.78, 5) is 17.1. The number of thiazole rings is 1. The van der Waals surface area contributed by atoms with Crippen molar-refractivity contribution in [1.29, 1.82) is 0 Å². The Morgan fingerprint density at radius 3 is 2.52 bits per heavy atom. The Morgan fingerprint density at radius 2 is 1.78 bits per heavy atom. The van der Waals surface area contributed by atoms with Crippen LogP contribution in [0.25, 0.3) is 10.2 Å². The number of nitrogens with one attached hydrogen (secondary N) is 1. The largest absolute Gasteiger partial charge is 0.490 e. The molecule has 0 radical (unpaired) electrons. The average Bonchev–Trinajstić information content (AvgIpc) is 3.12. The Bertz CT molecular complexity index is 874. The van der Waals surface area contributed by atoms with Crippen LogP contribution in [0.4, 0.5) is 0 Å². The lowest BCUT2D eigenvalue weighted by molar-refractivity contribution is 0.0950. The Balaban J connectivity index is 1.69. The minimum atomic E-state index is -0.155. The van der Waals surface area contributed by atoms with Gasteiger partial charge < -0.3 is 14.8 Å². The van der Waals surface area contributed by atoms with Gasteiger partial charge >= 0.3 is 0 Å². The highest BCUT2D eigenvalue weighted by molar-refractivity contribution is 7.18. The summed E-state index contributed by atoms with van der Waals surface area (Å²) in [6, 6.07) is 13.3. The maximum atomic E-state index is 12.6. The second-order valence-electron chi connectivity index (χ2n) is 6.12. The molecule has 0 saturated heterocycles. The number of ether oxygens (including phenoxy) is 2. The molecule has 0 aliphatic carbocycles. The Morgan fingerprint density at radius 1 is 1.04 bits per heavy atom. The first-order valence-electron chi connectivity index (χ1n) is 9.23. The predicted octanol–water partition coefficient (Wildman–Crippen LogP) is 4.80. The topological polar surface area (TPSA) is 60.5 Å². The highest BCUT2D eigenvalue weighted by atomic mass is 32.1. The molecule has 27 heavy (non-hydrogen) atoms. The van der Waals surface area contributed by atoms with E-state index in [-0.39, 0.29) is 5.91 Å². The van der Waals surface area contributed by atoms with Gasteiger partial charge in [-0.15, -0.1) is 11.3 Å². The van der Waals surface area contributed by atoms with E-state index >= 15 is 0 Å². The molecule has 6 heteroatoms. The second-order valence-corrected chi connectivity index (χ2v) is 7.23. The van der Waals surface area contributed by atoms with Crippen molar-refractivity contribution in [3.8, 4) is 11.5 Å². The second kappa shape index (κ2) is 9.37. The van der Waals surface area contributed by atoms with Crippen LogP contribution in [0.5, 0.6) is 11.5 Å². The minimum absolute atomic E-state index is 0.155. The summed E-state index contributed by atoms with van der Waals surface area (Å²) in [6.45, 7) is 5.69. The van der Waals surface area contributed by atoms with E-state index in [1.807, 2.05) is 31.2 Å². The van der Waals surface area contributed by atoms with E-state index in [1.165, 1.54) is 0 Å². The molecule has 142 valence electrons. The summed E-state index contributed by atoms with van der Waals surface area (Å²) in [5.41, 5.74) is 1.51. The van der Waals surface area contributed by atoms with Gasteiger partial charge in [-0.25, -0.2) is 4.98 Å². The summed E-state index contributed by atoms with van der Waals surface area (Å²) in [7, 11) is 0. The third-order valence-electron chi connectivity index (χ3n) is 3.87. The van der Waals surface area contributed by atoms with Crippen LogP contribution in [0.15, 0.2) is 42.5 Å². The molecule has 0 spiro atoms. The fourth-order valence-electron chi connectivity index (χ4n) is 2.56. The summed E-state index contributed by atoms with van der Waals surface area (Å²) < 4.78 is 12.6. The van der Waals surface area contributed by atoms with E-state index in [1.54, 1.807) is 29.5 Å². The molecular weight excluding hydrogens is 360 g/mol. The number of rotatable bonds is 9. The first-order chi connectivity index (χ1) is 13.2. The first-order valence-corrected chi connectivity index (χ1v) is 10.0. The lowest BCUT2D eigenvalue weighted by Crippen LogP contribution is -2.22. The van der Waals surface area contributed by atoms with Crippen LogP contribution in [0.3, 0.4) is 0 Å². The van der Waals surface area contributed by atoms with Crippen molar-refractivity contribution in [1.82, 2.24) is 10.3 Å². The van der Waals surface area contributed by atoms with Crippen LogP contribution in [0.2, 0.25) is 0 Å². The smallest absolute Gasteiger partial charge is 0.251 e. The van der Waals surface area contributed by atoms with Gasteiger partial charge in [0, 0.05) is 5.56 Å². The molecule has 0 aliphatic heterocycles. The third-order valence-corrected chi connectivity index (χ3v) is 4.90. The zero-order valence-corrected chi connectivity index (χ0v) is 16.5. The van der Waals surface area contributed by atoms with Gasteiger partial charge in [-0.1, -0.05) is 26.0 Å². The van der Waals surface area contributed by atoms with Crippen molar-refractivity contribution in [2.75, 3.05) is 13.2 Å². The molecule has 3 rings (SSSR count). The monoisotopic (exact) mass is 384 g/mol. The highest BCUT2D eigenvalue weighted by Gasteiger charge is 2.13. The predicted molar refractivity (Wildman–Crippen MR) is 109 cm³/mol. The van der Waals surface area contributed by atoms with E-state index < -0.39 is 0 Å². The van der Waals surface area contributed by atoms with Gasteiger partial charge in [0.2, 0.25) is 0 Å². The maximum Gasteiger partial charge on any atom is 0.251 e. The van der Waals surface area contributed by atoms with Crippen LogP contribution in [0.1, 0.15) is 42.1 Å². The fraction of sp³-hybridized carbons (Fsp3) is 0.333. The number of para-hydroxylation sites is 1. The number of carbonyl (C=O) groups is 1. The molecule has 1 aromatic heterocycles. The number of aromatic nitrogens is 1. The van der Waals surface area contributed by atoms with Crippen molar-refractivity contribution >= 4 is 27.5 Å². The number of amides is 1. The molecule has 0 unspecified atom stereocenters. The van der Waals surface area contributed by atoms with Crippen molar-refractivity contribution in [2.45, 2.75) is 33.2 Å². The van der Waals surface area contributed by atoms with Crippen molar-refractivity contribution in [2.24, 2.45) is 0 Å². The number of hydrogen-bond acceptors (Lipinski definition) is 5. The molecule has 1 N–H and O–H groups in total. The van der Waals surface area contributed by atoms with E-state index in [9.17, 15) is 4.79 Å². The molecule has 0 fully saturated rings. The van der Waals surface area contributed by atoms with Crippen LogP contribution in [-0.4, -0.2) is 24.1 Å². The quantitative estimate of drug-likeness (QED) is 0.575. The van der Waals surface area contributed by atoms with Gasteiger partial charge in [-0.05, 0) is 43.2 Å². The van der Waals surface area contributed by atoms with Gasteiger partial charge in [0.15, 0.2) is 11.5 Å². The zero-order chi connectivity index (χ0) is 19.1. The molecule has 0 aliphatic rings. The highest BCUT2D eigenvalue weighted by Crippen LogP contribution is 2.29. The molecular formula is C21H24N2O3S. The molecule has 2 aromatic carbocycles. The molecule has 0 bridgehead atoms. The van der Waals surface area contributed by atoms with E-state index in [0.29, 0.717) is 36.8 Å². The van der Waals surface area contributed by atoms with E-state index in [2.05, 4.69) is 17.2 Å². The minimum Gasteiger partial charge on any atom is -0.490 e. The molecule has 5 nitrogen and oxygen atoms in total. The van der Waals surface area contributed by atoms with Crippen molar-refractivity contribution in [3.05, 3.63) is 53.0 Å². The number of nitrogens with zero attached hydrogens (tertiary/aromatic N) is 1. The van der Waals surface area contributed by atoms with E-state index in [0.717, 1.165) is 28.1 Å². The number of hydrogen-bond donors (Lipinski definition) is 1. The average molecular weight is 385 g/mol. The van der Waals surface area contributed by atoms with E-state index in [4.69, 9.17) is 9.47 Å². The molecule has 3 aromatic rings. The Kier molecular flexibility index (Phi) is 6.65.